The summed E-state index contributed by atoms with van der Waals surface area (Å²) in [5.41, 5.74) is -0.0457. The summed E-state index contributed by atoms with van der Waals surface area (Å²) in [7, 11) is 1.89. The van der Waals surface area contributed by atoms with Crippen LogP contribution in [0.2, 0.25) is 0 Å². The van der Waals surface area contributed by atoms with Gasteiger partial charge in [0.1, 0.15) is 5.41 Å². The predicted molar refractivity (Wildman–Crippen MR) is 75.3 cm³/mol. The van der Waals surface area contributed by atoms with Crippen LogP contribution in [0.3, 0.4) is 0 Å². The molecule has 1 rings (SSSR count). The van der Waals surface area contributed by atoms with Crippen LogP contribution in [0.25, 0.3) is 0 Å². The van der Waals surface area contributed by atoms with Crippen molar-refractivity contribution in [1.29, 1.82) is 5.26 Å². The maximum Gasteiger partial charge on any atom is 0.317 e. The summed E-state index contributed by atoms with van der Waals surface area (Å²) in [6.07, 6.45) is 0.451. The first-order valence-corrected chi connectivity index (χ1v) is 7.02. The van der Waals surface area contributed by atoms with Crippen molar-refractivity contribution >= 4 is 22.4 Å². The highest BCUT2D eigenvalue weighted by atomic mass is 32.1. The van der Waals surface area contributed by atoms with E-state index in [1.54, 1.807) is 20.8 Å². The fraction of sp³-hybridized carbons (Fsp3) is 0.615. The van der Waals surface area contributed by atoms with Gasteiger partial charge in [-0.15, -0.1) is 11.3 Å². The van der Waals surface area contributed by atoms with Gasteiger partial charge in [0.15, 0.2) is 5.13 Å². The number of hydrogen-bond donors (Lipinski definition) is 0. The van der Waals surface area contributed by atoms with Crippen LogP contribution in [0, 0.1) is 11.3 Å². The van der Waals surface area contributed by atoms with E-state index in [4.69, 9.17) is 10.00 Å². The predicted octanol–water partition coefficient (Wildman–Crippen LogP) is 2.33. The molecular weight excluding hydrogens is 262 g/mol. The molecule has 0 N–H and O–H groups in total. The molecule has 1 aromatic rings. The zero-order valence-electron chi connectivity index (χ0n) is 11.8. The minimum absolute atomic E-state index is 0.272. The molecule has 0 radical (unpaired) electrons. The Labute approximate surface area is 117 Å². The van der Waals surface area contributed by atoms with E-state index in [0.29, 0.717) is 25.3 Å². The standard InChI is InChI=1S/C13H19N3O2S/c1-5-18-11(17)13(2,3)10-9-19-12(15-10)16(4)8-6-7-14/h9H,5-6,8H2,1-4H3. The third-order valence-electron chi connectivity index (χ3n) is 2.80. The van der Waals surface area contributed by atoms with Crippen molar-refractivity contribution in [3.63, 3.8) is 0 Å². The molecular formula is C13H19N3O2S. The van der Waals surface area contributed by atoms with Gasteiger partial charge in [0, 0.05) is 19.0 Å². The number of aromatic nitrogens is 1. The van der Waals surface area contributed by atoms with Crippen molar-refractivity contribution in [2.24, 2.45) is 0 Å². The van der Waals surface area contributed by atoms with E-state index in [-0.39, 0.29) is 5.97 Å². The fourth-order valence-corrected chi connectivity index (χ4v) is 2.44. The van der Waals surface area contributed by atoms with Gasteiger partial charge in [-0.05, 0) is 20.8 Å². The fourth-order valence-electron chi connectivity index (χ4n) is 1.46. The Morgan fingerprint density at radius 3 is 2.89 bits per heavy atom. The zero-order valence-corrected chi connectivity index (χ0v) is 12.6. The topological polar surface area (TPSA) is 66.2 Å². The summed E-state index contributed by atoms with van der Waals surface area (Å²) in [6.45, 7) is 6.39. The summed E-state index contributed by atoms with van der Waals surface area (Å²) in [5, 5.41) is 11.3. The van der Waals surface area contributed by atoms with Gasteiger partial charge in [0.05, 0.1) is 24.8 Å². The van der Waals surface area contributed by atoms with Crippen LogP contribution in [0.4, 0.5) is 5.13 Å². The van der Waals surface area contributed by atoms with Gasteiger partial charge in [0.25, 0.3) is 0 Å². The molecule has 0 amide bonds. The number of nitrogens with zero attached hydrogens (tertiary/aromatic N) is 3. The molecule has 0 atom stereocenters. The van der Waals surface area contributed by atoms with Crippen molar-refractivity contribution in [1.82, 2.24) is 4.98 Å². The molecule has 0 aromatic carbocycles. The molecule has 19 heavy (non-hydrogen) atoms. The van der Waals surface area contributed by atoms with Gasteiger partial charge < -0.3 is 9.64 Å². The zero-order chi connectivity index (χ0) is 14.5. The molecule has 0 fully saturated rings. The summed E-state index contributed by atoms with van der Waals surface area (Å²) in [6, 6.07) is 2.10. The Kier molecular flexibility index (Phi) is 5.31. The average Bonchev–Trinajstić information content (AvgIpc) is 2.86. The van der Waals surface area contributed by atoms with Crippen LogP contribution >= 0.6 is 11.3 Å². The number of anilines is 1. The van der Waals surface area contributed by atoms with Gasteiger partial charge in [-0.1, -0.05) is 0 Å². The number of carbonyl (C=O) groups is 1. The van der Waals surface area contributed by atoms with Gasteiger partial charge >= 0.3 is 5.97 Å². The van der Waals surface area contributed by atoms with Gasteiger partial charge in [-0.3, -0.25) is 4.79 Å². The van der Waals surface area contributed by atoms with Gasteiger partial charge in [-0.25, -0.2) is 4.98 Å². The lowest BCUT2D eigenvalue weighted by molar-refractivity contribution is -0.148. The Hall–Kier alpha value is -1.61. The van der Waals surface area contributed by atoms with E-state index < -0.39 is 5.41 Å². The van der Waals surface area contributed by atoms with Crippen LogP contribution < -0.4 is 4.90 Å². The van der Waals surface area contributed by atoms with Crippen LogP contribution in [0.1, 0.15) is 32.9 Å². The Morgan fingerprint density at radius 1 is 1.63 bits per heavy atom. The van der Waals surface area contributed by atoms with Crippen molar-refractivity contribution < 1.29 is 9.53 Å². The second kappa shape index (κ2) is 6.53. The molecule has 6 heteroatoms. The first-order chi connectivity index (χ1) is 8.93. The molecule has 1 heterocycles. The molecule has 0 saturated heterocycles. The molecule has 0 spiro atoms. The lowest BCUT2D eigenvalue weighted by Crippen LogP contribution is -2.31. The highest BCUT2D eigenvalue weighted by molar-refractivity contribution is 7.13. The molecule has 0 unspecified atom stereocenters. The van der Waals surface area contributed by atoms with Crippen LogP contribution in [0.5, 0.6) is 0 Å². The molecule has 0 bridgehead atoms. The van der Waals surface area contributed by atoms with Crippen molar-refractivity contribution in [2.45, 2.75) is 32.6 Å². The summed E-state index contributed by atoms with van der Waals surface area (Å²) >= 11 is 1.47. The number of hydrogen-bond acceptors (Lipinski definition) is 6. The number of rotatable bonds is 6. The minimum Gasteiger partial charge on any atom is -0.465 e. The summed E-state index contributed by atoms with van der Waals surface area (Å²) in [5.74, 6) is -0.272. The highest BCUT2D eigenvalue weighted by Gasteiger charge is 2.34. The lowest BCUT2D eigenvalue weighted by Gasteiger charge is -2.20. The van der Waals surface area contributed by atoms with Crippen molar-refractivity contribution in [3.8, 4) is 6.07 Å². The van der Waals surface area contributed by atoms with Gasteiger partial charge in [-0.2, -0.15) is 5.26 Å². The Morgan fingerprint density at radius 2 is 2.32 bits per heavy atom. The molecule has 0 saturated carbocycles. The second-order valence-corrected chi connectivity index (χ2v) is 5.53. The Bertz CT molecular complexity index is 476. The molecule has 0 aliphatic heterocycles. The normalized spacial score (nSPS) is 10.9. The minimum atomic E-state index is -0.749. The van der Waals surface area contributed by atoms with Crippen molar-refractivity contribution in [3.05, 3.63) is 11.1 Å². The van der Waals surface area contributed by atoms with Crippen LogP contribution in [-0.4, -0.2) is 31.2 Å². The third-order valence-corrected chi connectivity index (χ3v) is 3.76. The summed E-state index contributed by atoms with van der Waals surface area (Å²) < 4.78 is 5.06. The second-order valence-electron chi connectivity index (χ2n) is 4.69. The van der Waals surface area contributed by atoms with E-state index in [9.17, 15) is 4.79 Å². The molecule has 0 aliphatic carbocycles. The summed E-state index contributed by atoms with van der Waals surface area (Å²) in [4.78, 5) is 18.3. The molecule has 0 aliphatic rings. The van der Waals surface area contributed by atoms with E-state index in [1.807, 2.05) is 17.3 Å². The molecule has 5 nitrogen and oxygen atoms in total. The van der Waals surface area contributed by atoms with Crippen molar-refractivity contribution in [2.75, 3.05) is 25.1 Å². The number of thiazole rings is 1. The van der Waals surface area contributed by atoms with Gasteiger partial charge in [0.2, 0.25) is 0 Å². The number of nitriles is 1. The molecule has 1 aromatic heterocycles. The quantitative estimate of drug-likeness (QED) is 0.749. The highest BCUT2D eigenvalue weighted by Crippen LogP contribution is 2.29. The first-order valence-electron chi connectivity index (χ1n) is 6.14. The molecule has 104 valence electrons. The van der Waals surface area contributed by atoms with E-state index in [0.717, 1.165) is 5.13 Å². The van der Waals surface area contributed by atoms with E-state index in [2.05, 4.69) is 11.1 Å². The number of carbonyl (C=O) groups excluding carboxylic acids is 1. The third kappa shape index (κ3) is 3.67. The largest absolute Gasteiger partial charge is 0.465 e. The maximum absolute atomic E-state index is 11.9. The van der Waals surface area contributed by atoms with E-state index in [1.165, 1.54) is 11.3 Å². The van der Waals surface area contributed by atoms with Crippen LogP contribution in [0.15, 0.2) is 5.38 Å². The SMILES string of the molecule is CCOC(=O)C(C)(C)c1csc(N(C)CCC#N)n1. The number of esters is 1. The first kappa shape index (κ1) is 15.4. The maximum atomic E-state index is 11.9. The van der Waals surface area contributed by atoms with E-state index >= 15 is 0 Å². The van der Waals surface area contributed by atoms with Crippen LogP contribution in [-0.2, 0) is 14.9 Å². The smallest absolute Gasteiger partial charge is 0.317 e. The lowest BCUT2D eigenvalue weighted by atomic mass is 9.90. The average molecular weight is 281 g/mol. The monoisotopic (exact) mass is 281 g/mol. The Balaban J connectivity index is 2.84. The number of ether oxygens (including phenoxy) is 1.